The quantitative estimate of drug-likeness (QED) is 0.521. The molecule has 0 unspecified atom stereocenters. The molecule has 1 aliphatic carbocycles. The van der Waals surface area contributed by atoms with Gasteiger partial charge in [0, 0.05) is 55.8 Å². The van der Waals surface area contributed by atoms with Gasteiger partial charge in [0.05, 0.1) is 23.7 Å². The van der Waals surface area contributed by atoms with Gasteiger partial charge in [-0.25, -0.2) is 8.42 Å². The first-order valence-electron chi connectivity index (χ1n) is 14.3. The van der Waals surface area contributed by atoms with Crippen LogP contribution in [0.2, 0.25) is 0 Å². The van der Waals surface area contributed by atoms with Crippen molar-refractivity contribution in [3.63, 3.8) is 0 Å². The molecule has 0 spiro atoms. The van der Waals surface area contributed by atoms with Crippen molar-refractivity contribution in [2.75, 3.05) is 45.2 Å². The van der Waals surface area contributed by atoms with Gasteiger partial charge in [0.25, 0.3) is 11.8 Å². The Morgan fingerprint density at radius 2 is 1.73 bits per heavy atom. The van der Waals surface area contributed by atoms with Crippen LogP contribution >= 0.6 is 11.3 Å². The number of ether oxygens (including phenoxy) is 1. The fourth-order valence-corrected chi connectivity index (χ4v) is 8.54. The van der Waals surface area contributed by atoms with Crippen LogP contribution in [0.15, 0.2) is 29.2 Å². The second kappa shape index (κ2) is 12.3. The van der Waals surface area contributed by atoms with Crippen LogP contribution in [0.25, 0.3) is 0 Å². The number of nitrogens with zero attached hydrogens (tertiary/aromatic N) is 3. The molecule has 1 N–H and O–H groups in total. The zero-order valence-electron chi connectivity index (χ0n) is 23.6. The van der Waals surface area contributed by atoms with Crippen molar-refractivity contribution < 1.29 is 22.7 Å². The van der Waals surface area contributed by atoms with Crippen LogP contribution in [0.1, 0.15) is 77.1 Å². The first kappa shape index (κ1) is 29.2. The predicted molar refractivity (Wildman–Crippen MR) is 157 cm³/mol. The Hall–Kier alpha value is -2.31. The van der Waals surface area contributed by atoms with E-state index in [2.05, 4.69) is 24.1 Å². The molecule has 2 aliphatic heterocycles. The third-order valence-corrected chi connectivity index (χ3v) is 11.5. The van der Waals surface area contributed by atoms with E-state index in [1.165, 1.54) is 27.8 Å². The average Bonchev–Trinajstić information content (AvgIpc) is 3.34. The van der Waals surface area contributed by atoms with E-state index in [0.717, 1.165) is 62.1 Å². The highest BCUT2D eigenvalue weighted by molar-refractivity contribution is 7.89. The minimum absolute atomic E-state index is 0.0145. The van der Waals surface area contributed by atoms with E-state index < -0.39 is 10.0 Å². The highest BCUT2D eigenvalue weighted by Gasteiger charge is 2.33. The minimum Gasteiger partial charge on any atom is -0.378 e. The van der Waals surface area contributed by atoms with Crippen molar-refractivity contribution >= 4 is 38.2 Å². The van der Waals surface area contributed by atoms with Crippen molar-refractivity contribution in [1.29, 1.82) is 0 Å². The Morgan fingerprint density at radius 3 is 2.38 bits per heavy atom. The fraction of sp³-hybridized carbons (Fsp3) is 0.586. The standard InChI is InChI=1S/C29H40N4O5S2/c1-20(2)33-14-13-24-25(19-33)39-28(26(24)29(35)32-15-17-38-18-16-32)30-27(34)21-9-11-23(12-10-21)40(36,37)31(3)22-7-5-4-6-8-22/h9-12,20,22H,4-8,13-19H2,1-3H3,(H,30,34). The summed E-state index contributed by atoms with van der Waals surface area (Å²) >= 11 is 1.47. The molecule has 3 aliphatic rings. The summed E-state index contributed by atoms with van der Waals surface area (Å²) < 4.78 is 33.4. The molecule has 0 bridgehead atoms. The van der Waals surface area contributed by atoms with Gasteiger partial charge in [-0.15, -0.1) is 11.3 Å². The van der Waals surface area contributed by atoms with Crippen molar-refractivity contribution in [1.82, 2.24) is 14.1 Å². The van der Waals surface area contributed by atoms with Crippen LogP contribution in [0, 0.1) is 0 Å². The lowest BCUT2D eigenvalue weighted by Gasteiger charge is -2.31. The lowest BCUT2D eigenvalue weighted by Crippen LogP contribution is -2.41. The van der Waals surface area contributed by atoms with Crippen LogP contribution in [0.3, 0.4) is 0 Å². The molecule has 1 aromatic heterocycles. The first-order valence-corrected chi connectivity index (χ1v) is 16.6. The molecule has 2 aromatic rings. The molecule has 1 saturated carbocycles. The number of thiophene rings is 1. The summed E-state index contributed by atoms with van der Waals surface area (Å²) in [6.07, 6.45) is 5.75. The number of hydrogen-bond donors (Lipinski definition) is 1. The van der Waals surface area contributed by atoms with E-state index in [-0.39, 0.29) is 22.8 Å². The van der Waals surface area contributed by atoms with Crippen LogP contribution in [0.5, 0.6) is 0 Å². The summed E-state index contributed by atoms with van der Waals surface area (Å²) in [5.41, 5.74) is 1.96. The maximum Gasteiger partial charge on any atom is 0.257 e. The van der Waals surface area contributed by atoms with E-state index in [4.69, 9.17) is 4.74 Å². The van der Waals surface area contributed by atoms with Gasteiger partial charge in [0.2, 0.25) is 10.0 Å². The lowest BCUT2D eigenvalue weighted by molar-refractivity contribution is 0.0302. The predicted octanol–water partition coefficient (Wildman–Crippen LogP) is 4.19. The maximum absolute atomic E-state index is 13.7. The molecule has 9 nitrogen and oxygen atoms in total. The number of nitrogens with one attached hydrogen (secondary N) is 1. The lowest BCUT2D eigenvalue weighted by atomic mass is 9.96. The summed E-state index contributed by atoms with van der Waals surface area (Å²) in [6.45, 7) is 8.01. The summed E-state index contributed by atoms with van der Waals surface area (Å²) in [5.74, 6) is -0.429. The van der Waals surface area contributed by atoms with E-state index in [1.807, 2.05) is 0 Å². The van der Waals surface area contributed by atoms with Crippen LogP contribution in [-0.4, -0.2) is 86.3 Å². The number of benzene rings is 1. The molecule has 1 saturated heterocycles. The zero-order valence-corrected chi connectivity index (χ0v) is 25.3. The maximum atomic E-state index is 13.7. The van der Waals surface area contributed by atoms with Gasteiger partial charge in [-0.1, -0.05) is 19.3 Å². The number of morpholine rings is 1. The van der Waals surface area contributed by atoms with E-state index in [9.17, 15) is 18.0 Å². The summed E-state index contributed by atoms with van der Waals surface area (Å²) in [7, 11) is -2.00. The zero-order chi connectivity index (χ0) is 28.4. The third-order valence-electron chi connectivity index (χ3n) is 8.44. The van der Waals surface area contributed by atoms with Crippen molar-refractivity contribution in [3.8, 4) is 0 Å². The molecule has 1 aromatic carbocycles. The molecule has 11 heteroatoms. The average molecular weight is 589 g/mol. The largest absolute Gasteiger partial charge is 0.378 e. The highest BCUT2D eigenvalue weighted by atomic mass is 32.2. The number of rotatable bonds is 7. The SMILES string of the molecule is CC(C)N1CCc2c(sc(NC(=O)c3ccc(S(=O)(=O)N(C)C4CCCCC4)cc3)c2C(=O)N2CCOCC2)C1. The van der Waals surface area contributed by atoms with Crippen LogP contribution in [0.4, 0.5) is 5.00 Å². The first-order chi connectivity index (χ1) is 19.2. The molecule has 2 fully saturated rings. The Bertz CT molecular complexity index is 1330. The Morgan fingerprint density at radius 1 is 1.05 bits per heavy atom. The molecule has 3 heterocycles. The van der Waals surface area contributed by atoms with Gasteiger partial charge in [0.15, 0.2) is 0 Å². The number of sulfonamides is 1. The second-order valence-electron chi connectivity index (χ2n) is 11.2. The van der Waals surface area contributed by atoms with Gasteiger partial charge in [-0.3, -0.25) is 14.5 Å². The van der Waals surface area contributed by atoms with Crippen molar-refractivity contribution in [3.05, 3.63) is 45.8 Å². The highest BCUT2D eigenvalue weighted by Crippen LogP contribution is 2.39. The van der Waals surface area contributed by atoms with E-state index >= 15 is 0 Å². The third kappa shape index (κ3) is 5.99. The number of amides is 2. The number of anilines is 1. The second-order valence-corrected chi connectivity index (χ2v) is 14.3. The molecular formula is C29H40N4O5S2. The number of carbonyl (C=O) groups is 2. The smallest absolute Gasteiger partial charge is 0.257 e. The monoisotopic (exact) mass is 588 g/mol. The van der Waals surface area contributed by atoms with Gasteiger partial charge in [-0.05, 0) is 62.9 Å². The summed E-state index contributed by atoms with van der Waals surface area (Å²) in [5, 5.41) is 3.56. The molecule has 0 radical (unpaired) electrons. The summed E-state index contributed by atoms with van der Waals surface area (Å²) in [4.78, 5) is 32.5. The molecule has 0 atom stereocenters. The van der Waals surface area contributed by atoms with Crippen molar-refractivity contribution in [2.45, 2.75) is 75.9 Å². The normalized spacial score (nSPS) is 19.2. The number of hydrogen-bond acceptors (Lipinski definition) is 7. The number of fused-ring (bicyclic) bond motifs is 1. The fourth-order valence-electron chi connectivity index (χ4n) is 5.86. The molecule has 2 amide bonds. The van der Waals surface area contributed by atoms with Crippen molar-refractivity contribution in [2.24, 2.45) is 0 Å². The minimum atomic E-state index is -3.65. The molecule has 218 valence electrons. The van der Waals surface area contributed by atoms with Gasteiger partial charge in [0.1, 0.15) is 5.00 Å². The van der Waals surface area contributed by atoms with Gasteiger partial charge in [-0.2, -0.15) is 4.31 Å². The van der Waals surface area contributed by atoms with Gasteiger partial charge >= 0.3 is 0 Å². The Kier molecular flexibility index (Phi) is 8.96. The molecular weight excluding hydrogens is 548 g/mol. The van der Waals surface area contributed by atoms with E-state index in [0.29, 0.717) is 48.5 Å². The molecule has 40 heavy (non-hydrogen) atoms. The van der Waals surface area contributed by atoms with E-state index in [1.54, 1.807) is 24.1 Å². The van der Waals surface area contributed by atoms with Crippen LogP contribution in [-0.2, 0) is 27.7 Å². The Labute approximate surface area is 241 Å². The Balaban J connectivity index is 1.37. The van der Waals surface area contributed by atoms with Crippen LogP contribution < -0.4 is 5.32 Å². The van der Waals surface area contributed by atoms with Gasteiger partial charge < -0.3 is 15.0 Å². The number of carbonyl (C=O) groups excluding carboxylic acids is 2. The molecule has 5 rings (SSSR count). The summed E-state index contributed by atoms with van der Waals surface area (Å²) in [6, 6.07) is 6.51. The topological polar surface area (TPSA) is 99.3 Å².